The molecule has 0 bridgehead atoms. The second kappa shape index (κ2) is 9.69. The normalized spacial score (nSPS) is 23.7. The van der Waals surface area contributed by atoms with Crippen LogP contribution in [0.1, 0.15) is 57.9 Å². The lowest BCUT2D eigenvalue weighted by atomic mass is 10.0. The number of benzene rings is 2. The van der Waals surface area contributed by atoms with Crippen molar-refractivity contribution in [3.63, 3.8) is 0 Å². The zero-order valence-electron chi connectivity index (χ0n) is 21.5. The Balaban J connectivity index is 1.01. The molecule has 0 unspecified atom stereocenters. The van der Waals surface area contributed by atoms with Crippen molar-refractivity contribution < 1.29 is 19.1 Å². The molecule has 1 N–H and O–H groups in total. The smallest absolute Gasteiger partial charge is 0.254 e. The maximum Gasteiger partial charge on any atom is 0.254 e. The fourth-order valence-electron chi connectivity index (χ4n) is 6.27. The van der Waals surface area contributed by atoms with Crippen molar-refractivity contribution in [1.29, 1.82) is 0 Å². The molecule has 0 radical (unpaired) electrons. The van der Waals surface area contributed by atoms with Gasteiger partial charge in [-0.05, 0) is 79.5 Å². The van der Waals surface area contributed by atoms with Crippen LogP contribution in [-0.2, 0) is 4.74 Å². The Morgan fingerprint density at radius 1 is 0.895 bits per heavy atom. The number of aromatic nitrogens is 3. The molecule has 1 saturated carbocycles. The van der Waals surface area contributed by atoms with E-state index in [2.05, 4.69) is 27.5 Å². The van der Waals surface area contributed by atoms with E-state index in [4.69, 9.17) is 9.47 Å². The van der Waals surface area contributed by atoms with E-state index in [1.165, 1.54) is 18.4 Å². The summed E-state index contributed by atoms with van der Waals surface area (Å²) in [6.45, 7) is 4.99. The van der Waals surface area contributed by atoms with Crippen molar-refractivity contribution in [2.75, 3.05) is 46.0 Å². The topological polar surface area (TPSA) is 101 Å². The van der Waals surface area contributed by atoms with Gasteiger partial charge in [-0.3, -0.25) is 14.7 Å². The van der Waals surface area contributed by atoms with Gasteiger partial charge in [0.1, 0.15) is 11.3 Å². The number of fused-ring (bicyclic) bond motifs is 2. The van der Waals surface area contributed by atoms with Crippen LogP contribution in [-0.4, -0.2) is 83.0 Å². The van der Waals surface area contributed by atoms with Gasteiger partial charge in [-0.25, -0.2) is 0 Å². The molecule has 4 fully saturated rings. The standard InChI is InChI=1S/C29H33N5O4/c35-28(20-3-4-26-27(12-20)31-32-30-26)33-13-23-15-34(16-24(23)14-33)29(36)22-9-21(19-1-2-19)10-25(11-22)38-17-18-5-7-37-8-6-18/h3-4,9-12,18-19,23-24H,1-2,5-8,13-17H2,(H,30,31,32)/t23-,24-/m0/s1. The number of nitrogens with zero attached hydrogens (tertiary/aromatic N) is 4. The first kappa shape index (κ1) is 23.6. The number of carbonyl (C=O) groups is 2. The second-order valence-electron chi connectivity index (χ2n) is 11.4. The van der Waals surface area contributed by atoms with Gasteiger partial charge in [-0.1, -0.05) is 5.21 Å². The number of amides is 2. The van der Waals surface area contributed by atoms with Crippen LogP contribution in [0.3, 0.4) is 0 Å². The van der Waals surface area contributed by atoms with Crippen molar-refractivity contribution in [2.24, 2.45) is 17.8 Å². The first-order valence-corrected chi connectivity index (χ1v) is 13.9. The molecule has 9 heteroatoms. The molecular formula is C29H33N5O4. The van der Waals surface area contributed by atoms with Crippen LogP contribution < -0.4 is 4.74 Å². The minimum atomic E-state index is 0.0191. The van der Waals surface area contributed by atoms with Gasteiger partial charge in [0, 0.05) is 62.4 Å². The van der Waals surface area contributed by atoms with Crippen molar-refractivity contribution in [3.05, 3.63) is 53.1 Å². The number of carbonyl (C=O) groups excluding carboxylic acids is 2. The SMILES string of the molecule is O=C(c1cc(OCC2CCOCC2)cc(C2CC2)c1)N1C[C@@H]2CN(C(=O)c3ccc4[nH]nnc4c3)C[C@H]2C1. The third-order valence-corrected chi connectivity index (χ3v) is 8.68. The molecule has 3 aromatic rings. The van der Waals surface area contributed by atoms with Gasteiger partial charge >= 0.3 is 0 Å². The highest BCUT2D eigenvalue weighted by atomic mass is 16.5. The van der Waals surface area contributed by atoms with E-state index >= 15 is 0 Å². The molecule has 38 heavy (non-hydrogen) atoms. The summed E-state index contributed by atoms with van der Waals surface area (Å²) in [5.41, 5.74) is 4.08. The first-order chi connectivity index (χ1) is 18.6. The number of aromatic amines is 1. The molecular weight excluding hydrogens is 482 g/mol. The third-order valence-electron chi connectivity index (χ3n) is 8.68. The van der Waals surface area contributed by atoms with Crippen molar-refractivity contribution in [3.8, 4) is 5.75 Å². The van der Waals surface area contributed by atoms with Crippen LogP contribution in [0, 0.1) is 17.8 Å². The first-order valence-electron chi connectivity index (χ1n) is 13.9. The Morgan fingerprint density at radius 2 is 1.61 bits per heavy atom. The van der Waals surface area contributed by atoms with Crippen LogP contribution >= 0.6 is 0 Å². The van der Waals surface area contributed by atoms with E-state index in [0.717, 1.165) is 42.9 Å². The lowest BCUT2D eigenvalue weighted by Gasteiger charge is -2.23. The highest BCUT2D eigenvalue weighted by molar-refractivity contribution is 5.97. The molecule has 3 saturated heterocycles. The summed E-state index contributed by atoms with van der Waals surface area (Å²) < 4.78 is 11.7. The molecule has 2 amide bonds. The predicted octanol–water partition coefficient (Wildman–Crippen LogP) is 3.48. The van der Waals surface area contributed by atoms with Crippen LogP contribution in [0.25, 0.3) is 11.0 Å². The number of ether oxygens (including phenoxy) is 2. The van der Waals surface area contributed by atoms with Gasteiger partial charge in [0.05, 0.1) is 12.1 Å². The van der Waals surface area contributed by atoms with E-state index < -0.39 is 0 Å². The number of nitrogens with one attached hydrogen (secondary N) is 1. The third kappa shape index (κ3) is 4.64. The van der Waals surface area contributed by atoms with Crippen LogP contribution in [0.5, 0.6) is 5.75 Å². The predicted molar refractivity (Wildman–Crippen MR) is 140 cm³/mol. The number of hydrogen-bond donors (Lipinski definition) is 1. The maximum absolute atomic E-state index is 13.6. The van der Waals surface area contributed by atoms with Crippen LogP contribution in [0.4, 0.5) is 0 Å². The minimum Gasteiger partial charge on any atom is -0.493 e. The molecule has 2 aromatic carbocycles. The van der Waals surface area contributed by atoms with E-state index in [-0.39, 0.29) is 11.8 Å². The monoisotopic (exact) mass is 515 g/mol. The van der Waals surface area contributed by atoms with Crippen LogP contribution in [0.2, 0.25) is 0 Å². The molecule has 7 rings (SSSR count). The minimum absolute atomic E-state index is 0.0191. The molecule has 3 aliphatic heterocycles. The number of likely N-dealkylation sites (tertiary alicyclic amines) is 2. The van der Waals surface area contributed by atoms with E-state index in [1.807, 2.05) is 28.0 Å². The van der Waals surface area contributed by atoms with Crippen molar-refractivity contribution in [1.82, 2.24) is 25.2 Å². The fraction of sp³-hybridized carbons (Fsp3) is 0.517. The lowest BCUT2D eigenvalue weighted by Crippen LogP contribution is -2.35. The highest BCUT2D eigenvalue weighted by Crippen LogP contribution is 2.42. The van der Waals surface area contributed by atoms with Gasteiger partial charge in [0.15, 0.2) is 0 Å². The Bertz CT molecular complexity index is 1350. The summed E-state index contributed by atoms with van der Waals surface area (Å²) >= 11 is 0. The molecule has 198 valence electrons. The Kier molecular flexibility index (Phi) is 6.03. The summed E-state index contributed by atoms with van der Waals surface area (Å²) in [6, 6.07) is 11.6. The molecule has 0 spiro atoms. The van der Waals surface area contributed by atoms with Gasteiger partial charge in [-0.15, -0.1) is 5.10 Å². The zero-order chi connectivity index (χ0) is 25.6. The quantitative estimate of drug-likeness (QED) is 0.540. The average Bonchev–Trinajstić information content (AvgIpc) is 3.37. The molecule has 1 aromatic heterocycles. The largest absolute Gasteiger partial charge is 0.493 e. The Hall–Kier alpha value is -3.46. The summed E-state index contributed by atoms with van der Waals surface area (Å²) in [5, 5.41) is 10.7. The van der Waals surface area contributed by atoms with Gasteiger partial charge in [0.25, 0.3) is 11.8 Å². The fourth-order valence-corrected chi connectivity index (χ4v) is 6.27. The van der Waals surface area contributed by atoms with E-state index in [1.54, 1.807) is 6.07 Å². The summed E-state index contributed by atoms with van der Waals surface area (Å²) in [7, 11) is 0. The highest BCUT2D eigenvalue weighted by Gasteiger charge is 2.43. The number of H-pyrrole nitrogens is 1. The second-order valence-corrected chi connectivity index (χ2v) is 11.4. The summed E-state index contributed by atoms with van der Waals surface area (Å²) in [5.74, 6) is 2.56. The van der Waals surface area contributed by atoms with Gasteiger partial charge in [0.2, 0.25) is 0 Å². The average molecular weight is 516 g/mol. The lowest BCUT2D eigenvalue weighted by molar-refractivity contribution is 0.0497. The van der Waals surface area contributed by atoms with Gasteiger partial charge in [-0.2, -0.15) is 0 Å². The van der Waals surface area contributed by atoms with Crippen molar-refractivity contribution in [2.45, 2.75) is 31.6 Å². The van der Waals surface area contributed by atoms with E-state index in [0.29, 0.717) is 67.5 Å². The Morgan fingerprint density at radius 3 is 2.32 bits per heavy atom. The molecule has 4 aliphatic rings. The Labute approximate surface area is 221 Å². The van der Waals surface area contributed by atoms with Gasteiger partial charge < -0.3 is 19.3 Å². The molecule has 1 aliphatic carbocycles. The number of rotatable bonds is 6. The molecule has 4 heterocycles. The molecule has 9 nitrogen and oxygen atoms in total. The van der Waals surface area contributed by atoms with Crippen molar-refractivity contribution >= 4 is 22.8 Å². The number of hydrogen-bond acceptors (Lipinski definition) is 6. The van der Waals surface area contributed by atoms with Crippen LogP contribution in [0.15, 0.2) is 36.4 Å². The maximum atomic E-state index is 13.6. The van der Waals surface area contributed by atoms with E-state index in [9.17, 15) is 9.59 Å². The zero-order valence-corrected chi connectivity index (χ0v) is 21.5. The molecule has 2 atom stereocenters. The summed E-state index contributed by atoms with van der Waals surface area (Å²) in [6.07, 6.45) is 4.41. The summed E-state index contributed by atoms with van der Waals surface area (Å²) in [4.78, 5) is 30.7.